The fourth-order valence-corrected chi connectivity index (χ4v) is 1.76. The lowest BCUT2D eigenvalue weighted by atomic mass is 9.98. The number of aliphatic hydroxyl groups excluding tert-OH is 1. The molecule has 100 valence electrons. The highest BCUT2D eigenvalue weighted by Crippen LogP contribution is 2.18. The van der Waals surface area contributed by atoms with Gasteiger partial charge in [-0.1, -0.05) is 30.3 Å². The predicted octanol–water partition coefficient (Wildman–Crippen LogP) is 1.38. The molecule has 4 nitrogen and oxygen atoms in total. The van der Waals surface area contributed by atoms with Gasteiger partial charge in [0.1, 0.15) is 6.04 Å². The number of carboxylic acids is 1. The van der Waals surface area contributed by atoms with Crippen LogP contribution in [0.25, 0.3) is 0 Å². The van der Waals surface area contributed by atoms with Crippen LogP contribution < -0.4 is 0 Å². The van der Waals surface area contributed by atoms with Crippen LogP contribution in [0.4, 0.5) is 0 Å². The highest BCUT2D eigenvalue weighted by molar-refractivity contribution is 5.74. The van der Waals surface area contributed by atoms with Crippen molar-refractivity contribution in [2.45, 2.75) is 31.8 Å². The number of likely N-dealkylation sites (N-methyl/N-ethyl adjacent to an activating group) is 1. The second-order valence-electron chi connectivity index (χ2n) is 5.13. The second kappa shape index (κ2) is 5.98. The molecule has 4 heteroatoms. The summed E-state index contributed by atoms with van der Waals surface area (Å²) in [6.45, 7) is 3.57. The summed E-state index contributed by atoms with van der Waals surface area (Å²) in [5.74, 6) is -0.872. The van der Waals surface area contributed by atoms with Gasteiger partial charge in [-0.25, -0.2) is 0 Å². The molecule has 1 atom stereocenters. The zero-order valence-corrected chi connectivity index (χ0v) is 11.1. The van der Waals surface area contributed by atoms with Crippen molar-refractivity contribution in [1.82, 2.24) is 4.90 Å². The van der Waals surface area contributed by atoms with Crippen LogP contribution in [0.3, 0.4) is 0 Å². The maximum atomic E-state index is 11.4. The van der Waals surface area contributed by atoms with E-state index in [-0.39, 0.29) is 6.61 Å². The van der Waals surface area contributed by atoms with Crippen LogP contribution >= 0.6 is 0 Å². The molecule has 1 aromatic carbocycles. The minimum atomic E-state index is -0.872. The van der Waals surface area contributed by atoms with Gasteiger partial charge < -0.3 is 10.2 Å². The van der Waals surface area contributed by atoms with Crippen LogP contribution in [0.2, 0.25) is 0 Å². The number of aliphatic carboxylic acids is 1. The first-order valence-electron chi connectivity index (χ1n) is 5.99. The van der Waals surface area contributed by atoms with Crippen molar-refractivity contribution in [3.63, 3.8) is 0 Å². The van der Waals surface area contributed by atoms with Gasteiger partial charge in [-0.05, 0) is 32.9 Å². The molecule has 0 spiro atoms. The number of carbonyl (C=O) groups is 1. The predicted molar refractivity (Wildman–Crippen MR) is 70.5 cm³/mol. The van der Waals surface area contributed by atoms with Crippen molar-refractivity contribution in [1.29, 1.82) is 0 Å². The van der Waals surface area contributed by atoms with Crippen molar-refractivity contribution in [2.75, 3.05) is 13.7 Å². The van der Waals surface area contributed by atoms with E-state index in [1.54, 1.807) is 11.9 Å². The molecular weight excluding hydrogens is 230 g/mol. The Kier molecular flexibility index (Phi) is 4.87. The summed E-state index contributed by atoms with van der Waals surface area (Å²) in [5.41, 5.74) is 0.420. The summed E-state index contributed by atoms with van der Waals surface area (Å²) in [6, 6.07) is 8.87. The zero-order chi connectivity index (χ0) is 13.8. The zero-order valence-electron chi connectivity index (χ0n) is 11.1. The number of rotatable bonds is 6. The van der Waals surface area contributed by atoms with Crippen LogP contribution in [-0.4, -0.2) is 46.3 Å². The summed E-state index contributed by atoms with van der Waals surface area (Å²) in [5, 5.41) is 18.7. The largest absolute Gasteiger partial charge is 0.480 e. The van der Waals surface area contributed by atoms with E-state index in [1.807, 2.05) is 44.2 Å². The highest BCUT2D eigenvalue weighted by Gasteiger charge is 2.33. The maximum absolute atomic E-state index is 11.4. The molecule has 0 fully saturated rings. The Bertz CT molecular complexity index is 389. The van der Waals surface area contributed by atoms with E-state index in [2.05, 4.69) is 0 Å². The number of hydrogen-bond donors (Lipinski definition) is 2. The summed E-state index contributed by atoms with van der Waals surface area (Å²) in [4.78, 5) is 13.1. The lowest BCUT2D eigenvalue weighted by molar-refractivity contribution is -0.145. The van der Waals surface area contributed by atoms with Crippen LogP contribution in [0.5, 0.6) is 0 Å². The van der Waals surface area contributed by atoms with Crippen LogP contribution in [-0.2, 0) is 11.2 Å². The summed E-state index contributed by atoms with van der Waals surface area (Å²) in [6.07, 6.45) is 0.427. The molecule has 0 bridgehead atoms. The Labute approximate surface area is 108 Å². The average molecular weight is 251 g/mol. The molecule has 0 aliphatic carbocycles. The molecule has 0 amide bonds. The first-order chi connectivity index (χ1) is 8.38. The van der Waals surface area contributed by atoms with E-state index >= 15 is 0 Å². The molecule has 2 N–H and O–H groups in total. The van der Waals surface area contributed by atoms with Gasteiger partial charge in [0.2, 0.25) is 0 Å². The van der Waals surface area contributed by atoms with Gasteiger partial charge in [-0.15, -0.1) is 0 Å². The molecule has 0 aliphatic heterocycles. The first kappa shape index (κ1) is 14.7. The third-order valence-corrected chi connectivity index (χ3v) is 3.37. The summed E-state index contributed by atoms with van der Waals surface area (Å²) >= 11 is 0. The van der Waals surface area contributed by atoms with Gasteiger partial charge >= 0.3 is 5.97 Å². The SMILES string of the molecule is CN([C@@H](Cc1ccccc1)C(=O)O)C(C)(C)CO. The van der Waals surface area contributed by atoms with Gasteiger partial charge in [-0.2, -0.15) is 0 Å². The van der Waals surface area contributed by atoms with Crippen molar-refractivity contribution >= 4 is 5.97 Å². The van der Waals surface area contributed by atoms with Crippen molar-refractivity contribution in [3.05, 3.63) is 35.9 Å². The van der Waals surface area contributed by atoms with E-state index in [9.17, 15) is 15.0 Å². The average Bonchev–Trinajstić information content (AvgIpc) is 2.36. The van der Waals surface area contributed by atoms with E-state index < -0.39 is 17.6 Å². The van der Waals surface area contributed by atoms with Crippen molar-refractivity contribution in [2.24, 2.45) is 0 Å². The van der Waals surface area contributed by atoms with Crippen LogP contribution in [0, 0.1) is 0 Å². The fourth-order valence-electron chi connectivity index (χ4n) is 1.76. The molecule has 1 rings (SSSR count). The molecule has 0 aromatic heterocycles. The van der Waals surface area contributed by atoms with E-state index in [4.69, 9.17) is 0 Å². The number of aliphatic hydroxyl groups is 1. The molecule has 0 radical (unpaired) electrons. The molecule has 0 saturated heterocycles. The third-order valence-electron chi connectivity index (χ3n) is 3.37. The van der Waals surface area contributed by atoms with Gasteiger partial charge in [0, 0.05) is 5.54 Å². The molecule has 0 aliphatic rings. The Morgan fingerprint density at radius 1 is 1.33 bits per heavy atom. The summed E-state index contributed by atoms with van der Waals surface area (Å²) in [7, 11) is 1.73. The number of hydrogen-bond acceptors (Lipinski definition) is 3. The van der Waals surface area contributed by atoms with Crippen molar-refractivity contribution in [3.8, 4) is 0 Å². The van der Waals surface area contributed by atoms with Gasteiger partial charge in [-0.3, -0.25) is 9.69 Å². The number of carboxylic acid groups (broad SMARTS) is 1. The van der Waals surface area contributed by atoms with Crippen molar-refractivity contribution < 1.29 is 15.0 Å². The minimum Gasteiger partial charge on any atom is -0.480 e. The molecule has 0 unspecified atom stereocenters. The highest BCUT2D eigenvalue weighted by atomic mass is 16.4. The van der Waals surface area contributed by atoms with Gasteiger partial charge in [0.05, 0.1) is 6.61 Å². The monoisotopic (exact) mass is 251 g/mol. The second-order valence-corrected chi connectivity index (χ2v) is 5.13. The topological polar surface area (TPSA) is 60.8 Å². The normalized spacial score (nSPS) is 13.6. The van der Waals surface area contributed by atoms with E-state index in [1.165, 1.54) is 0 Å². The Hall–Kier alpha value is -1.39. The maximum Gasteiger partial charge on any atom is 0.321 e. The molecule has 1 aromatic rings. The molecular formula is C14H21NO3. The van der Waals surface area contributed by atoms with E-state index in [0.717, 1.165) is 5.56 Å². The minimum absolute atomic E-state index is 0.0813. The quantitative estimate of drug-likeness (QED) is 0.802. The van der Waals surface area contributed by atoms with Gasteiger partial charge in [0.25, 0.3) is 0 Å². The van der Waals surface area contributed by atoms with Gasteiger partial charge in [0.15, 0.2) is 0 Å². The lowest BCUT2D eigenvalue weighted by Gasteiger charge is -2.38. The van der Waals surface area contributed by atoms with E-state index in [0.29, 0.717) is 6.42 Å². The number of nitrogens with zero attached hydrogens (tertiary/aromatic N) is 1. The molecule has 18 heavy (non-hydrogen) atoms. The molecule has 0 heterocycles. The smallest absolute Gasteiger partial charge is 0.321 e. The summed E-state index contributed by atoms with van der Waals surface area (Å²) < 4.78 is 0. The van der Waals surface area contributed by atoms with Crippen LogP contribution in [0.15, 0.2) is 30.3 Å². The Morgan fingerprint density at radius 3 is 2.33 bits per heavy atom. The fraction of sp³-hybridized carbons (Fsp3) is 0.500. The Morgan fingerprint density at radius 2 is 1.89 bits per heavy atom. The third kappa shape index (κ3) is 3.55. The van der Waals surface area contributed by atoms with Crippen LogP contribution in [0.1, 0.15) is 19.4 Å². The standard InChI is InChI=1S/C14H21NO3/c1-14(2,10-16)15(3)12(13(17)18)9-11-7-5-4-6-8-11/h4-8,12,16H,9-10H2,1-3H3,(H,17,18)/t12-/m0/s1. The first-order valence-corrected chi connectivity index (χ1v) is 5.99. The molecule has 0 saturated carbocycles. The number of benzene rings is 1. The Balaban J connectivity index is 2.87. The lowest BCUT2D eigenvalue weighted by Crippen LogP contribution is -2.53.